The maximum Gasteiger partial charge on any atom is 0.255 e. The molecule has 0 heterocycles. The fraction of sp³-hybridized carbons (Fsp3) is 0.500. The van der Waals surface area contributed by atoms with Crippen LogP contribution in [0, 0.1) is 11.3 Å². The molecule has 0 atom stereocenters. The Hall–Kier alpha value is -1.71. The highest BCUT2D eigenvalue weighted by Gasteiger charge is 2.53. The highest BCUT2D eigenvalue weighted by molar-refractivity contribution is 5.97. The van der Waals surface area contributed by atoms with E-state index in [-0.39, 0.29) is 23.0 Å². The summed E-state index contributed by atoms with van der Waals surface area (Å²) >= 11 is 0. The fourth-order valence-corrected chi connectivity index (χ4v) is 2.65. The predicted octanol–water partition coefficient (Wildman–Crippen LogP) is 2.02. The molecule has 1 aromatic rings. The number of rotatable bonds is 4. The van der Waals surface area contributed by atoms with Crippen molar-refractivity contribution >= 4 is 5.91 Å². The van der Waals surface area contributed by atoms with Crippen molar-refractivity contribution in [1.82, 2.24) is 5.32 Å². The van der Waals surface area contributed by atoms with Crippen LogP contribution >= 0.6 is 0 Å². The van der Waals surface area contributed by atoms with Crippen molar-refractivity contribution in [2.45, 2.75) is 25.7 Å². The molecule has 96 valence electrons. The highest BCUT2D eigenvalue weighted by Crippen LogP contribution is 2.60. The van der Waals surface area contributed by atoms with Crippen molar-refractivity contribution in [1.29, 1.82) is 0 Å². The summed E-state index contributed by atoms with van der Waals surface area (Å²) in [5.74, 6) is -0.122. The van der Waals surface area contributed by atoms with Gasteiger partial charge in [-0.05, 0) is 49.1 Å². The lowest BCUT2D eigenvalue weighted by Gasteiger charge is -2.15. The number of benzene rings is 1. The van der Waals surface area contributed by atoms with E-state index in [0.29, 0.717) is 12.0 Å². The van der Waals surface area contributed by atoms with Crippen LogP contribution in [0.2, 0.25) is 0 Å². The zero-order chi connectivity index (χ0) is 12.8. The molecule has 0 unspecified atom stereocenters. The Balaban J connectivity index is 1.66. The summed E-state index contributed by atoms with van der Waals surface area (Å²) in [7, 11) is 0. The van der Waals surface area contributed by atoms with Gasteiger partial charge in [-0.3, -0.25) is 4.79 Å². The van der Waals surface area contributed by atoms with E-state index in [0.717, 1.165) is 5.92 Å². The molecule has 0 aliphatic heterocycles. The van der Waals surface area contributed by atoms with Crippen molar-refractivity contribution < 1.29 is 15.0 Å². The number of nitrogens with one attached hydrogen (secondary N) is 1. The molecule has 3 rings (SSSR count). The van der Waals surface area contributed by atoms with E-state index in [4.69, 9.17) is 0 Å². The number of para-hydroxylation sites is 1. The van der Waals surface area contributed by atoms with Crippen LogP contribution in [0.5, 0.6) is 11.5 Å². The lowest BCUT2D eigenvalue weighted by molar-refractivity contribution is 0.0939. The summed E-state index contributed by atoms with van der Waals surface area (Å²) in [5.41, 5.74) is 0.476. The molecule has 2 fully saturated rings. The van der Waals surface area contributed by atoms with Crippen LogP contribution in [0.15, 0.2) is 18.2 Å². The first kappa shape index (κ1) is 11.4. The van der Waals surface area contributed by atoms with Gasteiger partial charge in [-0.1, -0.05) is 6.07 Å². The Morgan fingerprint density at radius 2 is 2.06 bits per heavy atom. The van der Waals surface area contributed by atoms with Crippen LogP contribution in [0.25, 0.3) is 0 Å². The van der Waals surface area contributed by atoms with Gasteiger partial charge in [-0.25, -0.2) is 0 Å². The number of carbonyl (C=O) groups is 1. The molecule has 0 saturated heterocycles. The molecule has 0 radical (unpaired) electrons. The van der Waals surface area contributed by atoms with Gasteiger partial charge in [-0.2, -0.15) is 0 Å². The molecule has 4 heteroatoms. The fourth-order valence-electron chi connectivity index (χ4n) is 2.65. The van der Waals surface area contributed by atoms with Crippen LogP contribution in [-0.4, -0.2) is 22.7 Å². The summed E-state index contributed by atoms with van der Waals surface area (Å²) < 4.78 is 0. The Bertz CT molecular complexity index is 490. The molecular weight excluding hydrogens is 230 g/mol. The largest absolute Gasteiger partial charge is 0.504 e. The minimum atomic E-state index is -0.341. The monoisotopic (exact) mass is 247 g/mol. The Kier molecular flexibility index (Phi) is 2.47. The maximum atomic E-state index is 12.0. The van der Waals surface area contributed by atoms with Crippen molar-refractivity contribution in [3.05, 3.63) is 23.8 Å². The standard InChI is InChI=1S/C14H17NO3/c16-11-3-1-2-10(12(11)17)13(18)15-8-14(6-7-14)9-4-5-9/h1-3,9,16-17H,4-8H2,(H,15,18). The molecule has 0 aromatic heterocycles. The SMILES string of the molecule is O=C(NCC1(C2CC2)CC1)c1cccc(O)c1O. The van der Waals surface area contributed by atoms with Crippen LogP contribution in [0.1, 0.15) is 36.0 Å². The quantitative estimate of drug-likeness (QED) is 0.713. The smallest absolute Gasteiger partial charge is 0.255 e. The zero-order valence-electron chi connectivity index (χ0n) is 10.1. The summed E-state index contributed by atoms with van der Waals surface area (Å²) in [6.07, 6.45) is 4.97. The molecule has 2 aliphatic rings. The normalized spacial score (nSPS) is 20.4. The van der Waals surface area contributed by atoms with Gasteiger partial charge < -0.3 is 15.5 Å². The molecule has 1 amide bonds. The molecular formula is C14H17NO3. The number of aromatic hydroxyl groups is 2. The van der Waals surface area contributed by atoms with Gasteiger partial charge >= 0.3 is 0 Å². The van der Waals surface area contributed by atoms with Crippen molar-refractivity contribution in [3.63, 3.8) is 0 Å². The molecule has 4 nitrogen and oxygen atoms in total. The molecule has 0 bridgehead atoms. The minimum absolute atomic E-state index is 0.140. The lowest BCUT2D eigenvalue weighted by atomic mass is 10.0. The van der Waals surface area contributed by atoms with Gasteiger partial charge in [0.25, 0.3) is 5.91 Å². The van der Waals surface area contributed by atoms with Gasteiger partial charge in [0.2, 0.25) is 0 Å². The Labute approximate surface area is 106 Å². The van der Waals surface area contributed by atoms with Gasteiger partial charge in [0.15, 0.2) is 11.5 Å². The second kappa shape index (κ2) is 3.90. The van der Waals surface area contributed by atoms with Crippen molar-refractivity contribution in [2.75, 3.05) is 6.54 Å². The molecule has 1 aromatic carbocycles. The van der Waals surface area contributed by atoms with E-state index in [1.165, 1.54) is 37.8 Å². The number of phenols is 2. The van der Waals surface area contributed by atoms with E-state index in [1.807, 2.05) is 0 Å². The summed E-state index contributed by atoms with van der Waals surface area (Å²) in [4.78, 5) is 12.0. The molecule has 2 aliphatic carbocycles. The number of phenolic OH excluding ortho intramolecular Hbond substituents is 2. The Morgan fingerprint density at radius 3 is 2.67 bits per heavy atom. The third kappa shape index (κ3) is 1.92. The number of carbonyl (C=O) groups excluding carboxylic acids is 1. The summed E-state index contributed by atoms with van der Waals surface area (Å²) in [6.45, 7) is 0.686. The van der Waals surface area contributed by atoms with Crippen molar-refractivity contribution in [3.8, 4) is 11.5 Å². The van der Waals surface area contributed by atoms with E-state index in [9.17, 15) is 15.0 Å². The molecule has 0 spiro atoms. The third-order valence-corrected chi connectivity index (χ3v) is 4.20. The maximum absolute atomic E-state index is 12.0. The van der Waals surface area contributed by atoms with E-state index < -0.39 is 0 Å². The first-order valence-electron chi connectivity index (χ1n) is 6.41. The van der Waals surface area contributed by atoms with Gasteiger partial charge in [0.05, 0.1) is 5.56 Å². The molecule has 2 saturated carbocycles. The van der Waals surface area contributed by atoms with Crippen LogP contribution in [0.4, 0.5) is 0 Å². The van der Waals surface area contributed by atoms with Gasteiger partial charge in [0.1, 0.15) is 0 Å². The first-order chi connectivity index (χ1) is 8.62. The summed E-state index contributed by atoms with van der Waals surface area (Å²) in [6, 6.07) is 4.43. The minimum Gasteiger partial charge on any atom is -0.504 e. The van der Waals surface area contributed by atoms with E-state index >= 15 is 0 Å². The highest BCUT2D eigenvalue weighted by atomic mass is 16.3. The topological polar surface area (TPSA) is 69.6 Å². The second-order valence-electron chi connectivity index (χ2n) is 5.49. The second-order valence-corrected chi connectivity index (χ2v) is 5.49. The molecule has 3 N–H and O–H groups in total. The van der Waals surface area contributed by atoms with Crippen LogP contribution < -0.4 is 5.32 Å². The van der Waals surface area contributed by atoms with E-state index in [2.05, 4.69) is 5.32 Å². The summed E-state index contributed by atoms with van der Waals surface area (Å²) in [5, 5.41) is 21.9. The first-order valence-corrected chi connectivity index (χ1v) is 6.41. The number of hydrogen-bond acceptors (Lipinski definition) is 3. The van der Waals surface area contributed by atoms with Gasteiger partial charge in [0, 0.05) is 6.54 Å². The van der Waals surface area contributed by atoms with E-state index in [1.54, 1.807) is 6.07 Å². The van der Waals surface area contributed by atoms with Crippen LogP contribution in [0.3, 0.4) is 0 Å². The Morgan fingerprint density at radius 1 is 1.33 bits per heavy atom. The zero-order valence-corrected chi connectivity index (χ0v) is 10.1. The van der Waals surface area contributed by atoms with Crippen molar-refractivity contribution in [2.24, 2.45) is 11.3 Å². The number of hydrogen-bond donors (Lipinski definition) is 3. The average molecular weight is 247 g/mol. The molecule has 18 heavy (non-hydrogen) atoms. The number of amides is 1. The predicted molar refractivity (Wildman–Crippen MR) is 66.5 cm³/mol. The van der Waals surface area contributed by atoms with Gasteiger partial charge in [-0.15, -0.1) is 0 Å². The lowest BCUT2D eigenvalue weighted by Crippen LogP contribution is -2.31. The third-order valence-electron chi connectivity index (χ3n) is 4.20. The average Bonchev–Trinajstić information content (AvgIpc) is 3.22. The van der Waals surface area contributed by atoms with Crippen LogP contribution in [-0.2, 0) is 0 Å².